The number of rotatable bonds is 5. The van der Waals surface area contributed by atoms with Crippen LogP contribution in [-0.2, 0) is 11.3 Å². The van der Waals surface area contributed by atoms with Gasteiger partial charge in [-0.15, -0.1) is 0 Å². The Labute approximate surface area is 119 Å². The van der Waals surface area contributed by atoms with Crippen molar-refractivity contribution < 1.29 is 9.53 Å². The molecule has 0 atom stereocenters. The van der Waals surface area contributed by atoms with Gasteiger partial charge in [0.1, 0.15) is 5.75 Å². The number of nitrogens with one attached hydrogen (secondary N) is 1. The number of amides is 1. The highest BCUT2D eigenvalue weighted by atomic mass is 79.9. The maximum atomic E-state index is 11.6. The van der Waals surface area contributed by atoms with Gasteiger partial charge in [0.05, 0.1) is 0 Å². The van der Waals surface area contributed by atoms with Gasteiger partial charge in [-0.3, -0.25) is 9.78 Å². The van der Waals surface area contributed by atoms with Crippen LogP contribution in [-0.4, -0.2) is 17.5 Å². The molecule has 0 aliphatic carbocycles. The molecule has 0 aliphatic rings. The molecule has 1 aromatic carbocycles. The minimum atomic E-state index is -0.153. The Morgan fingerprint density at radius 2 is 1.84 bits per heavy atom. The molecule has 1 aromatic heterocycles. The van der Waals surface area contributed by atoms with Gasteiger partial charge >= 0.3 is 0 Å². The lowest BCUT2D eigenvalue weighted by Crippen LogP contribution is -2.28. The number of pyridine rings is 1. The SMILES string of the molecule is O=C(COc1ccc(Br)cc1)NCc1ccncc1. The van der Waals surface area contributed by atoms with E-state index in [1.807, 2.05) is 24.3 Å². The van der Waals surface area contributed by atoms with Crippen molar-refractivity contribution >= 4 is 21.8 Å². The highest BCUT2D eigenvalue weighted by molar-refractivity contribution is 9.10. The summed E-state index contributed by atoms with van der Waals surface area (Å²) in [5.74, 6) is 0.516. The number of aromatic nitrogens is 1. The van der Waals surface area contributed by atoms with Crippen LogP contribution in [0, 0.1) is 0 Å². The third kappa shape index (κ3) is 4.71. The number of hydrogen-bond acceptors (Lipinski definition) is 3. The zero-order valence-electron chi connectivity index (χ0n) is 10.2. The Hall–Kier alpha value is -1.88. The summed E-state index contributed by atoms with van der Waals surface area (Å²) in [5, 5.41) is 2.78. The fraction of sp³-hybridized carbons (Fsp3) is 0.143. The smallest absolute Gasteiger partial charge is 0.258 e. The number of carbonyl (C=O) groups is 1. The van der Waals surface area contributed by atoms with Crippen LogP contribution in [0.25, 0.3) is 0 Å². The van der Waals surface area contributed by atoms with Crippen LogP contribution in [0.2, 0.25) is 0 Å². The molecule has 1 amide bonds. The van der Waals surface area contributed by atoms with E-state index in [0.717, 1.165) is 10.0 Å². The summed E-state index contributed by atoms with van der Waals surface area (Å²) in [5.41, 5.74) is 1.01. The van der Waals surface area contributed by atoms with Crippen molar-refractivity contribution in [2.75, 3.05) is 6.61 Å². The molecule has 0 radical (unpaired) electrons. The predicted molar refractivity (Wildman–Crippen MR) is 75.7 cm³/mol. The van der Waals surface area contributed by atoms with Crippen LogP contribution in [0.5, 0.6) is 5.75 Å². The number of carbonyl (C=O) groups excluding carboxylic acids is 1. The Kier molecular flexibility index (Phi) is 4.92. The van der Waals surface area contributed by atoms with Gasteiger partial charge in [-0.25, -0.2) is 0 Å². The molecule has 0 bridgehead atoms. The van der Waals surface area contributed by atoms with Crippen LogP contribution in [0.4, 0.5) is 0 Å². The molecule has 19 heavy (non-hydrogen) atoms. The van der Waals surface area contributed by atoms with Gasteiger partial charge in [0.25, 0.3) is 5.91 Å². The third-order valence-corrected chi connectivity index (χ3v) is 2.95. The molecular formula is C14H13BrN2O2. The van der Waals surface area contributed by atoms with Crippen LogP contribution < -0.4 is 10.1 Å². The molecule has 1 heterocycles. The first kappa shape index (κ1) is 13.5. The van der Waals surface area contributed by atoms with Crippen molar-refractivity contribution in [1.29, 1.82) is 0 Å². The van der Waals surface area contributed by atoms with Gasteiger partial charge in [0.2, 0.25) is 0 Å². The van der Waals surface area contributed by atoms with E-state index < -0.39 is 0 Å². The first-order valence-electron chi connectivity index (χ1n) is 5.78. The molecule has 4 nitrogen and oxygen atoms in total. The molecule has 0 unspecified atom stereocenters. The van der Waals surface area contributed by atoms with E-state index in [0.29, 0.717) is 12.3 Å². The van der Waals surface area contributed by atoms with E-state index in [1.165, 1.54) is 0 Å². The minimum Gasteiger partial charge on any atom is -0.484 e. The van der Waals surface area contributed by atoms with Crippen LogP contribution in [0.1, 0.15) is 5.56 Å². The van der Waals surface area contributed by atoms with Crippen LogP contribution in [0.15, 0.2) is 53.3 Å². The summed E-state index contributed by atoms with van der Waals surface area (Å²) < 4.78 is 6.34. The topological polar surface area (TPSA) is 51.2 Å². The molecule has 98 valence electrons. The zero-order valence-corrected chi connectivity index (χ0v) is 11.8. The average molecular weight is 321 g/mol. The summed E-state index contributed by atoms with van der Waals surface area (Å²) >= 11 is 3.34. The molecule has 5 heteroatoms. The Balaban J connectivity index is 1.74. The molecular weight excluding hydrogens is 308 g/mol. The van der Waals surface area contributed by atoms with E-state index in [-0.39, 0.29) is 12.5 Å². The summed E-state index contributed by atoms with van der Waals surface area (Å²) in [6.45, 7) is 0.484. The first-order valence-corrected chi connectivity index (χ1v) is 6.57. The maximum Gasteiger partial charge on any atom is 0.258 e. The van der Waals surface area contributed by atoms with Gasteiger partial charge in [0, 0.05) is 23.4 Å². The summed E-state index contributed by atoms with van der Waals surface area (Å²) in [6, 6.07) is 11.1. The van der Waals surface area contributed by atoms with Crippen molar-refractivity contribution in [1.82, 2.24) is 10.3 Å². The van der Waals surface area contributed by atoms with Crippen molar-refractivity contribution in [2.45, 2.75) is 6.54 Å². The average Bonchev–Trinajstić information content (AvgIpc) is 2.45. The van der Waals surface area contributed by atoms with Gasteiger partial charge in [-0.2, -0.15) is 0 Å². The number of hydrogen-bond donors (Lipinski definition) is 1. The van der Waals surface area contributed by atoms with E-state index >= 15 is 0 Å². The largest absolute Gasteiger partial charge is 0.484 e. The number of halogens is 1. The quantitative estimate of drug-likeness (QED) is 0.921. The summed E-state index contributed by atoms with van der Waals surface area (Å²) in [4.78, 5) is 15.5. The van der Waals surface area contributed by atoms with E-state index in [1.54, 1.807) is 24.5 Å². The monoisotopic (exact) mass is 320 g/mol. The normalized spacial score (nSPS) is 9.95. The second-order valence-corrected chi connectivity index (χ2v) is 4.79. The zero-order chi connectivity index (χ0) is 13.5. The van der Waals surface area contributed by atoms with Gasteiger partial charge < -0.3 is 10.1 Å². The molecule has 2 rings (SSSR count). The van der Waals surface area contributed by atoms with Crippen molar-refractivity contribution in [3.63, 3.8) is 0 Å². The molecule has 0 saturated carbocycles. The highest BCUT2D eigenvalue weighted by Gasteiger charge is 2.02. The van der Waals surface area contributed by atoms with E-state index in [9.17, 15) is 4.79 Å². The molecule has 2 aromatic rings. The van der Waals surface area contributed by atoms with Gasteiger partial charge in [-0.1, -0.05) is 15.9 Å². The maximum absolute atomic E-state index is 11.6. The van der Waals surface area contributed by atoms with Gasteiger partial charge in [0.15, 0.2) is 6.61 Å². The van der Waals surface area contributed by atoms with Crippen LogP contribution in [0.3, 0.4) is 0 Å². The lowest BCUT2D eigenvalue weighted by Gasteiger charge is -2.07. The molecule has 0 aliphatic heterocycles. The molecule has 0 saturated heterocycles. The second kappa shape index (κ2) is 6.89. The van der Waals surface area contributed by atoms with Crippen LogP contribution >= 0.6 is 15.9 Å². The molecule has 1 N–H and O–H groups in total. The lowest BCUT2D eigenvalue weighted by molar-refractivity contribution is -0.123. The number of nitrogens with zero attached hydrogens (tertiary/aromatic N) is 1. The second-order valence-electron chi connectivity index (χ2n) is 3.87. The number of benzene rings is 1. The van der Waals surface area contributed by atoms with E-state index in [2.05, 4.69) is 26.2 Å². The highest BCUT2D eigenvalue weighted by Crippen LogP contribution is 2.15. The number of ether oxygens (including phenoxy) is 1. The van der Waals surface area contributed by atoms with Crippen molar-refractivity contribution in [2.24, 2.45) is 0 Å². The predicted octanol–water partition coefficient (Wildman–Crippen LogP) is 2.54. The minimum absolute atomic E-state index is 0.00666. The third-order valence-electron chi connectivity index (χ3n) is 2.42. The first-order chi connectivity index (χ1) is 9.24. The van der Waals surface area contributed by atoms with Gasteiger partial charge in [-0.05, 0) is 42.0 Å². The Bertz CT molecular complexity index is 529. The van der Waals surface area contributed by atoms with Crippen molar-refractivity contribution in [3.8, 4) is 5.75 Å². The summed E-state index contributed by atoms with van der Waals surface area (Å²) in [7, 11) is 0. The Morgan fingerprint density at radius 3 is 2.53 bits per heavy atom. The fourth-order valence-corrected chi connectivity index (χ4v) is 1.70. The molecule has 0 fully saturated rings. The lowest BCUT2D eigenvalue weighted by atomic mass is 10.3. The van der Waals surface area contributed by atoms with Crippen molar-refractivity contribution in [3.05, 3.63) is 58.8 Å². The standard InChI is InChI=1S/C14H13BrN2O2/c15-12-1-3-13(4-2-12)19-10-14(18)17-9-11-5-7-16-8-6-11/h1-8H,9-10H2,(H,17,18). The summed E-state index contributed by atoms with van der Waals surface area (Å²) in [6.07, 6.45) is 3.39. The molecule has 0 spiro atoms. The fourth-order valence-electron chi connectivity index (χ4n) is 1.43. The van der Waals surface area contributed by atoms with E-state index in [4.69, 9.17) is 4.74 Å². The Morgan fingerprint density at radius 1 is 1.16 bits per heavy atom.